The van der Waals surface area contributed by atoms with Gasteiger partial charge in [-0.25, -0.2) is 9.97 Å². The van der Waals surface area contributed by atoms with Gasteiger partial charge in [-0.15, -0.1) is 0 Å². The molecule has 1 heterocycles. The number of anilines is 2. The van der Waals surface area contributed by atoms with Gasteiger partial charge >= 0.3 is 0 Å². The molecule has 1 amide bonds. The van der Waals surface area contributed by atoms with Crippen LogP contribution in [0.1, 0.15) is 32.5 Å². The van der Waals surface area contributed by atoms with Crippen molar-refractivity contribution in [3.63, 3.8) is 0 Å². The topological polar surface area (TPSA) is 88.2 Å². The van der Waals surface area contributed by atoms with Crippen molar-refractivity contribution in [1.29, 1.82) is 0 Å². The molecule has 3 N–H and O–H groups in total. The maximum Gasteiger partial charge on any atom is 0.221 e. The quantitative estimate of drug-likeness (QED) is 0.604. The summed E-state index contributed by atoms with van der Waals surface area (Å²) in [4.78, 5) is 20.0. The first kappa shape index (κ1) is 17.2. The van der Waals surface area contributed by atoms with Gasteiger partial charge in [0.1, 0.15) is 18.2 Å². The summed E-state index contributed by atoms with van der Waals surface area (Å²) in [7, 11) is 1.62. The van der Waals surface area contributed by atoms with E-state index in [0.717, 1.165) is 18.8 Å². The van der Waals surface area contributed by atoms with Crippen molar-refractivity contribution < 1.29 is 9.53 Å². The van der Waals surface area contributed by atoms with Crippen LogP contribution >= 0.6 is 0 Å². The highest BCUT2D eigenvalue weighted by atomic mass is 16.5. The van der Waals surface area contributed by atoms with Gasteiger partial charge in [0.25, 0.3) is 0 Å². The van der Waals surface area contributed by atoms with Gasteiger partial charge in [0.2, 0.25) is 5.91 Å². The van der Waals surface area contributed by atoms with Crippen LogP contribution in [0.5, 0.6) is 0 Å². The molecule has 0 bridgehead atoms. The summed E-state index contributed by atoms with van der Waals surface area (Å²) >= 11 is 0. The Morgan fingerprint density at radius 1 is 1.19 bits per heavy atom. The van der Waals surface area contributed by atoms with Crippen molar-refractivity contribution in [3.05, 3.63) is 11.9 Å². The molecule has 7 heteroatoms. The van der Waals surface area contributed by atoms with Crippen molar-refractivity contribution in [2.75, 3.05) is 37.4 Å². The van der Waals surface area contributed by atoms with E-state index < -0.39 is 0 Å². The summed E-state index contributed by atoms with van der Waals surface area (Å²) in [5.74, 6) is 2.09. The number of carbonyl (C=O) groups excluding carboxylic acids is 1. The van der Waals surface area contributed by atoms with Crippen molar-refractivity contribution in [2.24, 2.45) is 0 Å². The van der Waals surface area contributed by atoms with E-state index >= 15 is 0 Å². The molecular weight excluding hydrogens is 270 g/mol. The first-order chi connectivity index (χ1) is 10.2. The van der Waals surface area contributed by atoms with Gasteiger partial charge < -0.3 is 20.7 Å². The number of aromatic nitrogens is 2. The summed E-state index contributed by atoms with van der Waals surface area (Å²) < 4.78 is 5.35. The summed E-state index contributed by atoms with van der Waals surface area (Å²) in [5, 5.41) is 8.96. The molecule has 21 heavy (non-hydrogen) atoms. The molecule has 0 radical (unpaired) electrons. The molecule has 0 saturated carbocycles. The fourth-order valence-corrected chi connectivity index (χ4v) is 1.62. The summed E-state index contributed by atoms with van der Waals surface area (Å²) in [6.45, 7) is 6.40. The maximum atomic E-state index is 11.2. The van der Waals surface area contributed by atoms with E-state index in [-0.39, 0.29) is 5.91 Å². The zero-order chi connectivity index (χ0) is 15.5. The number of nitrogens with zero attached hydrogens (tertiary/aromatic N) is 2. The highest BCUT2D eigenvalue weighted by molar-refractivity contribution is 5.76. The van der Waals surface area contributed by atoms with Crippen LogP contribution in [-0.4, -0.2) is 42.6 Å². The zero-order valence-electron chi connectivity index (χ0n) is 13.0. The Labute approximate surface area is 125 Å². The standard InChI is InChI=1S/C14H25N5O2/c1-4-7-16-11-9-12(17-8-6-14(20)15-3)19-13(18-11)10-21-5-2/h9H,4-8,10H2,1-3H3,(H,15,20)(H2,16,17,18,19). The Kier molecular flexibility index (Phi) is 8.11. The van der Waals surface area contributed by atoms with Crippen LogP contribution in [0.2, 0.25) is 0 Å². The van der Waals surface area contributed by atoms with Crippen LogP contribution in [0, 0.1) is 0 Å². The Bertz CT molecular complexity index is 413. The Morgan fingerprint density at radius 3 is 2.43 bits per heavy atom. The number of hydrogen-bond acceptors (Lipinski definition) is 6. The number of hydrogen-bond donors (Lipinski definition) is 3. The molecular formula is C14H25N5O2. The van der Waals surface area contributed by atoms with Crippen molar-refractivity contribution in [1.82, 2.24) is 15.3 Å². The van der Waals surface area contributed by atoms with Crippen molar-refractivity contribution in [2.45, 2.75) is 33.3 Å². The fourth-order valence-electron chi connectivity index (χ4n) is 1.62. The molecule has 0 spiro atoms. The summed E-state index contributed by atoms with van der Waals surface area (Å²) in [6.07, 6.45) is 1.42. The van der Waals surface area contributed by atoms with E-state index in [1.807, 2.05) is 13.0 Å². The number of amides is 1. The predicted octanol–water partition coefficient (Wildman–Crippen LogP) is 1.38. The first-order valence-corrected chi connectivity index (χ1v) is 7.33. The molecule has 0 saturated heterocycles. The molecule has 1 aromatic heterocycles. The van der Waals surface area contributed by atoms with E-state index in [1.54, 1.807) is 7.05 Å². The van der Waals surface area contributed by atoms with E-state index in [1.165, 1.54) is 0 Å². The van der Waals surface area contributed by atoms with Crippen molar-refractivity contribution in [3.8, 4) is 0 Å². The van der Waals surface area contributed by atoms with Crippen molar-refractivity contribution >= 4 is 17.5 Å². The van der Waals surface area contributed by atoms with Gasteiger partial charge in [-0.1, -0.05) is 6.92 Å². The lowest BCUT2D eigenvalue weighted by Gasteiger charge is -2.11. The van der Waals surface area contributed by atoms with Gasteiger partial charge in [0.15, 0.2) is 5.82 Å². The first-order valence-electron chi connectivity index (χ1n) is 7.33. The third kappa shape index (κ3) is 6.89. The molecule has 0 atom stereocenters. The second-order valence-corrected chi connectivity index (χ2v) is 4.47. The average Bonchev–Trinajstić information content (AvgIpc) is 2.50. The summed E-state index contributed by atoms with van der Waals surface area (Å²) in [5.41, 5.74) is 0. The minimum atomic E-state index is -0.00423. The van der Waals surface area contributed by atoms with Gasteiger partial charge in [-0.3, -0.25) is 4.79 Å². The minimum absolute atomic E-state index is 0.00423. The van der Waals surface area contributed by atoms with Crippen LogP contribution in [-0.2, 0) is 16.1 Å². The molecule has 0 unspecified atom stereocenters. The third-order valence-electron chi connectivity index (χ3n) is 2.70. The molecule has 1 aromatic rings. The molecule has 0 aromatic carbocycles. The SMILES string of the molecule is CCCNc1cc(NCCC(=O)NC)nc(COCC)n1. The van der Waals surface area contributed by atoms with E-state index in [4.69, 9.17) is 4.74 Å². The van der Waals surface area contributed by atoms with Crippen LogP contribution in [0.4, 0.5) is 11.6 Å². The van der Waals surface area contributed by atoms with E-state index in [2.05, 4.69) is 32.8 Å². The normalized spacial score (nSPS) is 10.2. The van der Waals surface area contributed by atoms with Gasteiger partial charge in [-0.2, -0.15) is 0 Å². The predicted molar refractivity (Wildman–Crippen MR) is 83.3 cm³/mol. The van der Waals surface area contributed by atoms with E-state index in [9.17, 15) is 4.79 Å². The lowest BCUT2D eigenvalue weighted by Crippen LogP contribution is -2.21. The molecule has 0 aliphatic carbocycles. The highest BCUT2D eigenvalue weighted by Crippen LogP contribution is 2.12. The van der Waals surface area contributed by atoms with Crippen LogP contribution < -0.4 is 16.0 Å². The van der Waals surface area contributed by atoms with Gasteiger partial charge in [-0.05, 0) is 13.3 Å². The Hall–Kier alpha value is -1.89. The Morgan fingerprint density at radius 2 is 1.86 bits per heavy atom. The number of rotatable bonds is 10. The van der Waals surface area contributed by atoms with Crippen LogP contribution in [0.3, 0.4) is 0 Å². The molecule has 0 aliphatic rings. The minimum Gasteiger partial charge on any atom is -0.374 e. The lowest BCUT2D eigenvalue weighted by molar-refractivity contribution is -0.120. The molecule has 0 aliphatic heterocycles. The lowest BCUT2D eigenvalue weighted by atomic mass is 10.4. The molecule has 7 nitrogen and oxygen atoms in total. The number of nitrogens with one attached hydrogen (secondary N) is 3. The molecule has 118 valence electrons. The third-order valence-corrected chi connectivity index (χ3v) is 2.70. The smallest absolute Gasteiger partial charge is 0.221 e. The maximum absolute atomic E-state index is 11.2. The van der Waals surface area contributed by atoms with Gasteiger partial charge in [0.05, 0.1) is 0 Å². The monoisotopic (exact) mass is 295 g/mol. The average molecular weight is 295 g/mol. The van der Waals surface area contributed by atoms with E-state index in [0.29, 0.717) is 37.8 Å². The Balaban J connectivity index is 2.68. The fraction of sp³-hybridized carbons (Fsp3) is 0.643. The highest BCUT2D eigenvalue weighted by Gasteiger charge is 2.05. The molecule has 0 fully saturated rings. The zero-order valence-corrected chi connectivity index (χ0v) is 13.0. The second-order valence-electron chi connectivity index (χ2n) is 4.47. The van der Waals surface area contributed by atoms with Gasteiger partial charge in [0, 0.05) is 39.2 Å². The number of ether oxygens (including phenoxy) is 1. The largest absolute Gasteiger partial charge is 0.374 e. The van der Waals surface area contributed by atoms with Crippen LogP contribution in [0.15, 0.2) is 6.07 Å². The molecule has 1 rings (SSSR count). The summed E-state index contributed by atoms with van der Waals surface area (Å²) in [6, 6.07) is 1.84. The number of carbonyl (C=O) groups is 1. The van der Waals surface area contributed by atoms with Crippen LogP contribution in [0.25, 0.3) is 0 Å². The second kappa shape index (κ2) is 9.93.